The molecule has 1 aliphatic heterocycles. The monoisotopic (exact) mass is 268 g/mol. The minimum atomic E-state index is -0.874. The first-order chi connectivity index (χ1) is 9.19. The molecule has 0 bridgehead atoms. The van der Waals surface area contributed by atoms with Crippen molar-refractivity contribution < 1.29 is 8.78 Å². The van der Waals surface area contributed by atoms with E-state index in [1.165, 1.54) is 6.07 Å². The first-order valence-corrected chi connectivity index (χ1v) is 6.12. The van der Waals surface area contributed by atoms with Crippen molar-refractivity contribution in [2.24, 2.45) is 5.73 Å². The van der Waals surface area contributed by atoms with Crippen molar-refractivity contribution in [3.8, 4) is 0 Å². The van der Waals surface area contributed by atoms with E-state index >= 15 is 0 Å². The van der Waals surface area contributed by atoms with E-state index in [1.54, 1.807) is 6.08 Å². The van der Waals surface area contributed by atoms with Gasteiger partial charge in [-0.05, 0) is 23.8 Å². The summed E-state index contributed by atoms with van der Waals surface area (Å²) in [5, 5.41) is 5.81. The predicted octanol–water partition coefficient (Wildman–Crippen LogP) is 2.13. The Morgan fingerprint density at radius 3 is 2.58 bits per heavy atom. The summed E-state index contributed by atoms with van der Waals surface area (Å²) < 4.78 is 25.8. The van der Waals surface area contributed by atoms with Crippen LogP contribution in [0.4, 0.5) is 14.5 Å². The molecule has 2 rings (SSSR count). The second-order valence-electron chi connectivity index (χ2n) is 3.56. The zero-order chi connectivity index (χ0) is 14.3. The third-order valence-corrected chi connectivity index (χ3v) is 2.34. The molecule has 104 valence electrons. The lowest BCUT2D eigenvalue weighted by Gasteiger charge is -2.17. The van der Waals surface area contributed by atoms with Gasteiger partial charge in [-0.1, -0.05) is 19.9 Å². The maximum atomic E-state index is 13.2. The van der Waals surface area contributed by atoms with Crippen LogP contribution in [-0.4, -0.2) is 18.1 Å². The van der Waals surface area contributed by atoms with Gasteiger partial charge in [0.2, 0.25) is 11.9 Å². The van der Waals surface area contributed by atoms with E-state index in [9.17, 15) is 8.78 Å². The van der Waals surface area contributed by atoms with Crippen molar-refractivity contribution in [2.45, 2.75) is 13.8 Å². The lowest BCUT2D eigenvalue weighted by molar-refractivity contribution is 0.515. The van der Waals surface area contributed by atoms with Crippen LogP contribution in [0, 0.1) is 11.9 Å². The molecule has 0 fully saturated rings. The normalized spacial score (nSPS) is 13.5. The van der Waals surface area contributed by atoms with Gasteiger partial charge in [0.05, 0.1) is 5.69 Å². The van der Waals surface area contributed by atoms with Crippen LogP contribution in [-0.2, 0) is 0 Å². The molecule has 0 aromatic carbocycles. The van der Waals surface area contributed by atoms with Gasteiger partial charge >= 0.3 is 0 Å². The molecule has 19 heavy (non-hydrogen) atoms. The van der Waals surface area contributed by atoms with E-state index in [1.807, 2.05) is 19.9 Å². The molecule has 0 aliphatic carbocycles. The molecule has 2 heterocycles. The molecule has 6 heteroatoms. The number of nitrogens with one attached hydrogen (secondary N) is 2. The van der Waals surface area contributed by atoms with Crippen molar-refractivity contribution in [1.82, 2.24) is 10.3 Å². The number of hydrogen-bond acceptors (Lipinski definition) is 4. The highest BCUT2D eigenvalue weighted by atomic mass is 19.1. The minimum absolute atomic E-state index is 0.120. The fourth-order valence-electron chi connectivity index (χ4n) is 1.40. The molecule has 0 atom stereocenters. The summed E-state index contributed by atoms with van der Waals surface area (Å²) in [6.45, 7) is 5.08. The fraction of sp³-hybridized carbons (Fsp3) is 0.308. The van der Waals surface area contributed by atoms with Crippen LogP contribution in [0.3, 0.4) is 0 Å². The number of anilines is 1. The van der Waals surface area contributed by atoms with Crippen molar-refractivity contribution in [1.29, 1.82) is 0 Å². The molecule has 0 radical (unpaired) electrons. The zero-order valence-electron chi connectivity index (χ0n) is 11.0. The number of rotatable bonds is 3. The number of nitrogens with two attached hydrogens (primary N) is 1. The molecular formula is C13H18F2N4. The number of dihydropyridines is 1. The lowest BCUT2D eigenvalue weighted by atomic mass is 10.2. The highest BCUT2D eigenvalue weighted by Crippen LogP contribution is 2.14. The molecule has 0 spiro atoms. The average molecular weight is 268 g/mol. The number of hydrogen-bond donors (Lipinski definition) is 3. The van der Waals surface area contributed by atoms with Gasteiger partial charge in [-0.15, -0.1) is 0 Å². The average Bonchev–Trinajstić information content (AvgIpc) is 2.45. The molecule has 1 aromatic rings. The number of allylic oxidation sites excluding steroid dienone is 2. The third-order valence-electron chi connectivity index (χ3n) is 2.34. The summed E-state index contributed by atoms with van der Waals surface area (Å²) in [6.07, 6.45) is 3.60. The number of nitrogens with zero attached hydrogens (tertiary/aromatic N) is 1. The van der Waals surface area contributed by atoms with Gasteiger partial charge in [0.25, 0.3) is 0 Å². The second-order valence-corrected chi connectivity index (χ2v) is 3.56. The summed E-state index contributed by atoms with van der Waals surface area (Å²) in [5.74, 6) is -1.10. The summed E-state index contributed by atoms with van der Waals surface area (Å²) in [7, 11) is 0. The molecule has 4 nitrogen and oxygen atoms in total. The largest absolute Gasteiger partial charge is 0.368 e. The van der Waals surface area contributed by atoms with E-state index in [0.717, 1.165) is 11.6 Å². The first-order valence-electron chi connectivity index (χ1n) is 6.12. The molecule has 0 saturated carbocycles. The maximum absolute atomic E-state index is 13.2. The Hall–Kier alpha value is -1.95. The summed E-state index contributed by atoms with van der Waals surface area (Å²) in [5.41, 5.74) is 6.64. The van der Waals surface area contributed by atoms with Crippen LogP contribution >= 0.6 is 0 Å². The van der Waals surface area contributed by atoms with Crippen LogP contribution in [0.1, 0.15) is 13.8 Å². The third kappa shape index (κ3) is 4.33. The summed E-state index contributed by atoms with van der Waals surface area (Å²) >= 11 is 0. The minimum Gasteiger partial charge on any atom is -0.368 e. The summed E-state index contributed by atoms with van der Waals surface area (Å²) in [6, 6.07) is 2.39. The van der Waals surface area contributed by atoms with E-state index in [4.69, 9.17) is 5.73 Å². The van der Waals surface area contributed by atoms with Gasteiger partial charge in [0, 0.05) is 13.1 Å². The number of aromatic nitrogens is 1. The molecule has 4 N–H and O–H groups in total. The van der Waals surface area contributed by atoms with Gasteiger partial charge < -0.3 is 16.4 Å². The van der Waals surface area contributed by atoms with Crippen molar-refractivity contribution in [2.75, 3.05) is 18.4 Å². The molecule has 0 saturated heterocycles. The quantitative estimate of drug-likeness (QED) is 0.735. The topological polar surface area (TPSA) is 63.0 Å². The standard InChI is InChI=1S/C11H12F2N4.C2H6/c12-9-3-2-8(11(13)17-9)16-10-4-1-7(5-14)6-15-10;1-2/h1-4,15-16H,5-6,14H2;1-2H3. The van der Waals surface area contributed by atoms with Crippen LogP contribution in [0.15, 0.2) is 35.7 Å². The zero-order valence-corrected chi connectivity index (χ0v) is 11.0. The molecule has 1 aliphatic rings. The smallest absolute Gasteiger partial charge is 0.239 e. The SMILES string of the molecule is CC.NCC1=CC=C(Nc2ccc(F)nc2F)NC1. The Balaban J connectivity index is 0.000000861. The van der Waals surface area contributed by atoms with Crippen LogP contribution in [0.25, 0.3) is 0 Å². The van der Waals surface area contributed by atoms with E-state index in [0.29, 0.717) is 18.9 Å². The fourth-order valence-corrected chi connectivity index (χ4v) is 1.40. The first kappa shape index (κ1) is 15.1. The van der Waals surface area contributed by atoms with Gasteiger partial charge in [0.15, 0.2) is 0 Å². The highest BCUT2D eigenvalue weighted by Gasteiger charge is 2.08. The van der Waals surface area contributed by atoms with Crippen LogP contribution < -0.4 is 16.4 Å². The van der Waals surface area contributed by atoms with Gasteiger partial charge in [-0.2, -0.15) is 13.8 Å². The molecule has 1 aromatic heterocycles. The van der Waals surface area contributed by atoms with Gasteiger partial charge in [0.1, 0.15) is 5.82 Å². The Labute approximate surface area is 111 Å². The van der Waals surface area contributed by atoms with E-state index < -0.39 is 11.9 Å². The van der Waals surface area contributed by atoms with E-state index in [2.05, 4.69) is 15.6 Å². The lowest BCUT2D eigenvalue weighted by Crippen LogP contribution is -2.27. The van der Waals surface area contributed by atoms with Crippen LogP contribution in [0.2, 0.25) is 0 Å². The van der Waals surface area contributed by atoms with Crippen molar-refractivity contribution in [3.63, 3.8) is 0 Å². The molecular weight excluding hydrogens is 250 g/mol. The molecule has 0 amide bonds. The Morgan fingerprint density at radius 1 is 1.32 bits per heavy atom. The number of halogens is 2. The Bertz CT molecular complexity index is 484. The maximum Gasteiger partial charge on any atom is 0.239 e. The summed E-state index contributed by atoms with van der Waals surface area (Å²) in [4.78, 5) is 3.08. The predicted molar refractivity (Wildman–Crippen MR) is 72.3 cm³/mol. The van der Waals surface area contributed by atoms with Gasteiger partial charge in [-0.3, -0.25) is 0 Å². The van der Waals surface area contributed by atoms with Crippen LogP contribution in [0.5, 0.6) is 0 Å². The van der Waals surface area contributed by atoms with E-state index in [-0.39, 0.29) is 5.69 Å². The van der Waals surface area contributed by atoms with Crippen molar-refractivity contribution in [3.05, 3.63) is 47.6 Å². The Kier molecular flexibility index (Phi) is 5.95. The van der Waals surface area contributed by atoms with Gasteiger partial charge in [-0.25, -0.2) is 0 Å². The highest BCUT2D eigenvalue weighted by molar-refractivity contribution is 5.48. The Morgan fingerprint density at radius 2 is 2.05 bits per heavy atom. The number of pyridine rings is 1. The molecule has 0 unspecified atom stereocenters. The second kappa shape index (κ2) is 7.48. The van der Waals surface area contributed by atoms with Crippen molar-refractivity contribution >= 4 is 5.69 Å².